The summed E-state index contributed by atoms with van der Waals surface area (Å²) in [6, 6.07) is 5.30. The zero-order chi connectivity index (χ0) is 26.5. The Kier molecular flexibility index (Phi) is 13.6. The van der Waals surface area contributed by atoms with E-state index < -0.39 is 32.5 Å². The van der Waals surface area contributed by atoms with E-state index in [0.29, 0.717) is 43.3 Å². The summed E-state index contributed by atoms with van der Waals surface area (Å²) >= 11 is 0. The van der Waals surface area contributed by atoms with E-state index in [4.69, 9.17) is 28.4 Å². The van der Waals surface area contributed by atoms with Gasteiger partial charge in [-0.05, 0) is 19.3 Å². The molecule has 11 nitrogen and oxygen atoms in total. The standard InChI is InChI=1S/C23H40NO10P/c1-6-7-8-11-31-19-14-18(30-5)15-20(16-19)32-12-9-10-13-33-35(28,29)34-21(17-22(25)26)23(27)24(2,3)4/h14-16,21,23H,6-13,17H2,1-5H3,(H,25,26)(H,28,29)/t21-,23?/m1/s1. The minimum atomic E-state index is -4.62. The third kappa shape index (κ3) is 13.1. The predicted octanol–water partition coefficient (Wildman–Crippen LogP) is 2.79. The molecule has 1 aromatic carbocycles. The number of hydrogen-bond acceptors (Lipinski definition) is 8. The molecule has 1 aromatic rings. The molecule has 0 aliphatic rings. The average Bonchev–Trinajstić information content (AvgIpc) is 2.76. The van der Waals surface area contributed by atoms with E-state index in [1.54, 1.807) is 46.5 Å². The van der Waals surface area contributed by atoms with Gasteiger partial charge in [-0.25, -0.2) is 4.57 Å². The molecule has 0 amide bonds. The number of carboxylic acid groups (broad SMARTS) is 1. The Hall–Kier alpha value is -1.88. The highest BCUT2D eigenvalue weighted by Gasteiger charge is 2.34. The number of likely N-dealkylation sites (N-methyl/N-ethyl adjacent to an activating group) is 1. The van der Waals surface area contributed by atoms with Crippen LogP contribution in [0.3, 0.4) is 0 Å². The summed E-state index contributed by atoms with van der Waals surface area (Å²) in [5, 5.41) is 21.4. The summed E-state index contributed by atoms with van der Waals surface area (Å²) in [7, 11) is 1.58. The highest BCUT2D eigenvalue weighted by Crippen LogP contribution is 2.45. The van der Waals surface area contributed by atoms with Gasteiger partial charge in [0.05, 0.1) is 54.5 Å². The lowest BCUT2D eigenvalue weighted by atomic mass is 10.2. The van der Waals surface area contributed by atoms with Crippen molar-refractivity contribution in [1.29, 1.82) is 0 Å². The lowest BCUT2D eigenvalue weighted by molar-refractivity contribution is -0.973. The second kappa shape index (κ2) is 15.3. The van der Waals surface area contributed by atoms with Crippen molar-refractivity contribution in [3.63, 3.8) is 0 Å². The van der Waals surface area contributed by atoms with Crippen LogP contribution in [-0.4, -0.2) is 80.9 Å². The summed E-state index contributed by atoms with van der Waals surface area (Å²) in [5.74, 6) is 0.522. The van der Waals surface area contributed by atoms with Gasteiger partial charge in [-0.3, -0.25) is 13.8 Å². The number of quaternary nitrogens is 1. The average molecular weight is 522 g/mol. The molecule has 0 fully saturated rings. The molecule has 0 heterocycles. The van der Waals surface area contributed by atoms with Crippen molar-refractivity contribution in [2.45, 2.75) is 57.8 Å². The number of rotatable bonds is 19. The van der Waals surface area contributed by atoms with Crippen LogP contribution in [0, 0.1) is 0 Å². The highest BCUT2D eigenvalue weighted by molar-refractivity contribution is 7.47. The van der Waals surface area contributed by atoms with E-state index in [2.05, 4.69) is 6.92 Å². The first kappa shape index (κ1) is 31.2. The number of hydrogen-bond donors (Lipinski definition) is 2. The van der Waals surface area contributed by atoms with Gasteiger partial charge in [0.1, 0.15) is 23.4 Å². The molecule has 0 spiro atoms. The Morgan fingerprint density at radius 2 is 1.51 bits per heavy atom. The first-order valence-corrected chi connectivity index (χ1v) is 13.2. The number of phosphoric acid groups is 1. The largest absolute Gasteiger partial charge is 0.804 e. The van der Waals surface area contributed by atoms with Gasteiger partial charge in [-0.15, -0.1) is 0 Å². The molecule has 0 bridgehead atoms. The van der Waals surface area contributed by atoms with E-state index in [-0.39, 0.29) is 11.1 Å². The van der Waals surface area contributed by atoms with Crippen LogP contribution in [-0.2, 0) is 18.4 Å². The molecule has 0 saturated heterocycles. The molecule has 0 aliphatic carbocycles. The van der Waals surface area contributed by atoms with Crippen LogP contribution in [0.4, 0.5) is 0 Å². The SMILES string of the molecule is CCCCCOc1cc(OC)cc(OCCCCOP(=O)(O)O[C@H](CC(=O)O)C([O-])[N+](C)(C)C)c1. The number of phosphoric ester groups is 1. The van der Waals surface area contributed by atoms with Crippen LogP contribution in [0.25, 0.3) is 0 Å². The summed E-state index contributed by atoms with van der Waals surface area (Å²) in [6.07, 6.45) is 0.207. The zero-order valence-corrected chi connectivity index (χ0v) is 22.2. The number of aliphatic carboxylic acids is 1. The second-order valence-electron chi connectivity index (χ2n) is 9.01. The zero-order valence-electron chi connectivity index (χ0n) is 21.3. The van der Waals surface area contributed by atoms with Crippen molar-refractivity contribution in [2.24, 2.45) is 0 Å². The molecule has 0 aliphatic heterocycles. The van der Waals surface area contributed by atoms with Crippen molar-refractivity contribution in [2.75, 3.05) is 48.1 Å². The number of carbonyl (C=O) groups is 1. The lowest BCUT2D eigenvalue weighted by Crippen LogP contribution is -2.60. The molecule has 35 heavy (non-hydrogen) atoms. The fraction of sp³-hybridized carbons (Fsp3) is 0.696. The van der Waals surface area contributed by atoms with Crippen molar-refractivity contribution in [1.82, 2.24) is 0 Å². The summed E-state index contributed by atoms with van der Waals surface area (Å²) in [6.45, 7) is 2.92. The van der Waals surface area contributed by atoms with Crippen LogP contribution in [0.2, 0.25) is 0 Å². The maximum Gasteiger partial charge on any atom is 0.472 e. The van der Waals surface area contributed by atoms with Gasteiger partial charge < -0.3 is 33.8 Å². The van der Waals surface area contributed by atoms with Gasteiger partial charge in [0.25, 0.3) is 0 Å². The van der Waals surface area contributed by atoms with Crippen LogP contribution >= 0.6 is 7.82 Å². The third-order valence-electron chi connectivity index (χ3n) is 4.89. The molecular formula is C23H40NO10P. The molecule has 2 unspecified atom stereocenters. The maximum atomic E-state index is 12.4. The molecule has 1 rings (SSSR count). The third-order valence-corrected chi connectivity index (χ3v) is 5.94. The van der Waals surface area contributed by atoms with E-state index in [1.165, 1.54) is 0 Å². The van der Waals surface area contributed by atoms with Crippen LogP contribution in [0.5, 0.6) is 17.2 Å². The molecule has 0 aromatic heterocycles. The van der Waals surface area contributed by atoms with E-state index in [0.717, 1.165) is 19.3 Å². The van der Waals surface area contributed by atoms with Gasteiger partial charge in [-0.2, -0.15) is 0 Å². The minimum absolute atomic E-state index is 0.130. The number of unbranched alkanes of at least 4 members (excludes halogenated alkanes) is 3. The van der Waals surface area contributed by atoms with E-state index in [9.17, 15) is 19.4 Å². The number of ether oxygens (including phenoxy) is 3. The summed E-state index contributed by atoms with van der Waals surface area (Å²) < 4.78 is 38.7. The van der Waals surface area contributed by atoms with Gasteiger partial charge in [0, 0.05) is 24.4 Å². The molecule has 3 atom stereocenters. The molecule has 12 heteroatoms. The number of nitrogens with zero attached hydrogens (tertiary/aromatic N) is 1. The van der Waals surface area contributed by atoms with Crippen LogP contribution in [0.1, 0.15) is 45.4 Å². The van der Waals surface area contributed by atoms with Crippen molar-refractivity contribution in [3.8, 4) is 17.2 Å². The number of methoxy groups -OCH3 is 1. The molecule has 202 valence electrons. The van der Waals surface area contributed by atoms with Gasteiger partial charge in [-0.1, -0.05) is 19.8 Å². The quantitative estimate of drug-likeness (QED) is 0.121. The van der Waals surface area contributed by atoms with Crippen molar-refractivity contribution in [3.05, 3.63) is 18.2 Å². The van der Waals surface area contributed by atoms with Gasteiger partial charge in [0.2, 0.25) is 0 Å². The molecule has 0 saturated carbocycles. The number of benzene rings is 1. The first-order valence-electron chi connectivity index (χ1n) is 11.7. The summed E-state index contributed by atoms with van der Waals surface area (Å²) in [4.78, 5) is 21.0. The Balaban J connectivity index is 2.49. The monoisotopic (exact) mass is 521 g/mol. The van der Waals surface area contributed by atoms with Gasteiger partial charge >= 0.3 is 13.8 Å². The van der Waals surface area contributed by atoms with E-state index >= 15 is 0 Å². The fourth-order valence-electron chi connectivity index (χ4n) is 3.01. The first-order chi connectivity index (χ1) is 16.4. The summed E-state index contributed by atoms with van der Waals surface area (Å²) in [5.41, 5.74) is 0. The highest BCUT2D eigenvalue weighted by atomic mass is 31.2. The van der Waals surface area contributed by atoms with Crippen LogP contribution < -0.4 is 19.3 Å². The topological polar surface area (TPSA) is 144 Å². The number of carboxylic acids is 1. The Labute approximate surface area is 207 Å². The van der Waals surface area contributed by atoms with E-state index in [1.807, 2.05) is 0 Å². The Bertz CT molecular complexity index is 814. The smallest absolute Gasteiger partial charge is 0.472 e. The predicted molar refractivity (Wildman–Crippen MR) is 127 cm³/mol. The second-order valence-corrected chi connectivity index (χ2v) is 10.4. The van der Waals surface area contributed by atoms with Crippen molar-refractivity contribution >= 4 is 13.8 Å². The normalized spacial score (nSPS) is 15.2. The molecule has 0 radical (unpaired) electrons. The minimum Gasteiger partial charge on any atom is -0.804 e. The molecular weight excluding hydrogens is 481 g/mol. The molecule has 2 N–H and O–H groups in total. The lowest BCUT2D eigenvalue weighted by Gasteiger charge is -2.42. The Morgan fingerprint density at radius 1 is 1.00 bits per heavy atom. The van der Waals surface area contributed by atoms with Crippen LogP contribution in [0.15, 0.2) is 18.2 Å². The van der Waals surface area contributed by atoms with Gasteiger partial charge in [0.15, 0.2) is 0 Å². The Morgan fingerprint density at radius 3 is 2.00 bits per heavy atom. The maximum absolute atomic E-state index is 12.4. The van der Waals surface area contributed by atoms with Crippen molar-refractivity contribution < 1.29 is 52.2 Å². The fourth-order valence-corrected chi connectivity index (χ4v) is 3.95.